The van der Waals surface area contributed by atoms with Crippen LogP contribution in [0.3, 0.4) is 0 Å². The molecule has 1 fully saturated rings. The molecule has 1 aliphatic rings. The number of aryl methyl sites for hydroxylation is 1. The maximum atomic E-state index is 12.3. The first kappa shape index (κ1) is 13.9. The lowest BCUT2D eigenvalue weighted by molar-refractivity contribution is 0.0652. The molecule has 1 saturated heterocycles. The van der Waals surface area contributed by atoms with Crippen LogP contribution in [0.25, 0.3) is 11.0 Å². The molecule has 6 nitrogen and oxygen atoms in total. The summed E-state index contributed by atoms with van der Waals surface area (Å²) in [5.41, 5.74) is 7.93. The molecular formula is C15H21N5O. The summed E-state index contributed by atoms with van der Waals surface area (Å²) in [6.45, 7) is 4.63. The van der Waals surface area contributed by atoms with Crippen LogP contribution in [0.4, 0.5) is 5.69 Å². The van der Waals surface area contributed by atoms with Crippen LogP contribution in [0.1, 0.15) is 43.0 Å². The molecule has 1 amide bonds. The Morgan fingerprint density at radius 2 is 2.14 bits per heavy atom. The second kappa shape index (κ2) is 5.71. The molecular weight excluding hydrogens is 266 g/mol. The third-order valence-electron chi connectivity index (χ3n) is 4.06. The molecule has 3 rings (SSSR count). The zero-order valence-corrected chi connectivity index (χ0v) is 12.4. The normalized spacial score (nSPS) is 14.4. The maximum Gasteiger partial charge on any atom is 0.257 e. The predicted octanol–water partition coefficient (Wildman–Crippen LogP) is 2.05. The maximum absolute atomic E-state index is 12.3. The number of carbonyl (C=O) groups excluding carboxylic acids is 1. The van der Waals surface area contributed by atoms with Crippen molar-refractivity contribution < 1.29 is 4.79 Å². The minimum atomic E-state index is -0.0214. The van der Waals surface area contributed by atoms with Crippen LogP contribution in [0.2, 0.25) is 0 Å². The molecule has 0 saturated carbocycles. The van der Waals surface area contributed by atoms with Crippen molar-refractivity contribution >= 4 is 22.6 Å². The van der Waals surface area contributed by atoms with E-state index >= 15 is 0 Å². The summed E-state index contributed by atoms with van der Waals surface area (Å²) < 4.78 is 1.87. The van der Waals surface area contributed by atoms with E-state index in [0.717, 1.165) is 43.5 Å². The second-order valence-electron chi connectivity index (χ2n) is 5.54. The van der Waals surface area contributed by atoms with Crippen molar-refractivity contribution in [1.82, 2.24) is 19.7 Å². The number of aromatic nitrogens is 3. The molecule has 0 atom stereocenters. The summed E-state index contributed by atoms with van der Waals surface area (Å²) in [4.78, 5) is 18.5. The van der Waals surface area contributed by atoms with E-state index in [4.69, 9.17) is 5.73 Å². The van der Waals surface area contributed by atoms with Gasteiger partial charge in [0.15, 0.2) is 5.65 Å². The molecule has 0 spiro atoms. The van der Waals surface area contributed by atoms with Crippen LogP contribution >= 0.6 is 0 Å². The van der Waals surface area contributed by atoms with Gasteiger partial charge in [0.1, 0.15) is 0 Å². The van der Waals surface area contributed by atoms with Gasteiger partial charge >= 0.3 is 0 Å². The molecule has 2 N–H and O–H groups in total. The van der Waals surface area contributed by atoms with Crippen LogP contribution in [-0.2, 0) is 6.54 Å². The monoisotopic (exact) mass is 287 g/mol. The minimum absolute atomic E-state index is 0.0214. The van der Waals surface area contributed by atoms with Crippen molar-refractivity contribution in [2.45, 2.75) is 39.2 Å². The number of hydrogen-bond donors (Lipinski definition) is 1. The Hall–Kier alpha value is -2.11. The summed E-state index contributed by atoms with van der Waals surface area (Å²) >= 11 is 0. The molecule has 0 bridgehead atoms. The average Bonchev–Trinajstić information content (AvgIpc) is 2.82. The topological polar surface area (TPSA) is 77.0 Å². The number of nitrogens with zero attached hydrogens (tertiary/aromatic N) is 4. The van der Waals surface area contributed by atoms with E-state index in [1.807, 2.05) is 4.68 Å². The SMILES string of the molecule is CCCCCn1ncc2c(N)c(C(=O)N3CCC3)cnc21. The van der Waals surface area contributed by atoms with Gasteiger partial charge in [0.25, 0.3) is 5.91 Å². The fraction of sp³-hybridized carbons (Fsp3) is 0.533. The van der Waals surface area contributed by atoms with Crippen molar-refractivity contribution in [3.05, 3.63) is 18.0 Å². The van der Waals surface area contributed by atoms with Gasteiger partial charge in [-0.25, -0.2) is 9.67 Å². The summed E-state index contributed by atoms with van der Waals surface area (Å²) in [5, 5.41) is 5.13. The lowest BCUT2D eigenvalue weighted by Crippen LogP contribution is -2.42. The molecule has 0 unspecified atom stereocenters. The number of likely N-dealkylation sites (tertiary alicyclic amines) is 1. The Balaban J connectivity index is 1.89. The largest absolute Gasteiger partial charge is 0.397 e. The highest BCUT2D eigenvalue weighted by Gasteiger charge is 2.25. The Morgan fingerprint density at radius 1 is 1.33 bits per heavy atom. The number of fused-ring (bicyclic) bond motifs is 1. The van der Waals surface area contributed by atoms with Gasteiger partial charge in [-0.1, -0.05) is 19.8 Å². The fourth-order valence-electron chi connectivity index (χ4n) is 2.58. The smallest absolute Gasteiger partial charge is 0.257 e. The zero-order valence-electron chi connectivity index (χ0n) is 12.4. The number of nitrogens with two attached hydrogens (primary N) is 1. The summed E-state index contributed by atoms with van der Waals surface area (Å²) in [7, 11) is 0. The van der Waals surface area contributed by atoms with E-state index in [0.29, 0.717) is 11.3 Å². The average molecular weight is 287 g/mol. The lowest BCUT2D eigenvalue weighted by atomic mass is 10.1. The number of pyridine rings is 1. The molecule has 2 aromatic rings. The first-order valence-electron chi connectivity index (χ1n) is 7.61. The first-order chi connectivity index (χ1) is 10.2. The predicted molar refractivity (Wildman–Crippen MR) is 82.0 cm³/mol. The van der Waals surface area contributed by atoms with Crippen molar-refractivity contribution in [3.8, 4) is 0 Å². The summed E-state index contributed by atoms with van der Waals surface area (Å²) in [6, 6.07) is 0. The van der Waals surface area contributed by atoms with E-state index in [1.165, 1.54) is 12.8 Å². The van der Waals surface area contributed by atoms with E-state index in [2.05, 4.69) is 17.0 Å². The minimum Gasteiger partial charge on any atom is -0.397 e. The molecule has 3 heterocycles. The third-order valence-corrected chi connectivity index (χ3v) is 4.06. The van der Waals surface area contributed by atoms with Gasteiger partial charge < -0.3 is 10.6 Å². The summed E-state index contributed by atoms with van der Waals surface area (Å²) in [5.74, 6) is -0.0214. The molecule has 0 aliphatic carbocycles. The van der Waals surface area contributed by atoms with Crippen LogP contribution in [0.5, 0.6) is 0 Å². The molecule has 1 aliphatic heterocycles. The van der Waals surface area contributed by atoms with Crippen LogP contribution < -0.4 is 5.73 Å². The Bertz CT molecular complexity index is 659. The standard InChI is InChI=1S/C15H21N5O/c1-2-3-4-8-20-14-11(10-18-20)13(16)12(9-17-14)15(21)19-6-5-7-19/h9-10H,2-8H2,1H3,(H2,16,17). The van der Waals surface area contributed by atoms with E-state index in [-0.39, 0.29) is 5.91 Å². The van der Waals surface area contributed by atoms with Gasteiger partial charge in [0.2, 0.25) is 0 Å². The van der Waals surface area contributed by atoms with E-state index < -0.39 is 0 Å². The van der Waals surface area contributed by atoms with Gasteiger partial charge in [-0.3, -0.25) is 4.79 Å². The quantitative estimate of drug-likeness (QED) is 0.854. The highest BCUT2D eigenvalue weighted by Crippen LogP contribution is 2.25. The van der Waals surface area contributed by atoms with E-state index in [9.17, 15) is 4.79 Å². The molecule has 112 valence electrons. The van der Waals surface area contributed by atoms with Crippen LogP contribution in [0, 0.1) is 0 Å². The molecule has 21 heavy (non-hydrogen) atoms. The Kier molecular flexibility index (Phi) is 3.77. The number of carbonyl (C=O) groups is 1. The second-order valence-corrected chi connectivity index (χ2v) is 5.54. The molecule has 0 aromatic carbocycles. The van der Waals surface area contributed by atoms with Gasteiger partial charge in [-0.05, 0) is 12.8 Å². The number of unbranched alkanes of at least 4 members (excludes halogenated alkanes) is 2. The third kappa shape index (κ3) is 2.46. The lowest BCUT2D eigenvalue weighted by Gasteiger charge is -2.31. The number of amides is 1. The Labute approximate surface area is 123 Å². The molecule has 2 aromatic heterocycles. The zero-order chi connectivity index (χ0) is 14.8. The van der Waals surface area contributed by atoms with Gasteiger partial charge in [0.05, 0.1) is 22.8 Å². The van der Waals surface area contributed by atoms with Crippen molar-refractivity contribution in [2.75, 3.05) is 18.8 Å². The Morgan fingerprint density at radius 3 is 2.81 bits per heavy atom. The van der Waals surface area contributed by atoms with Crippen molar-refractivity contribution in [1.29, 1.82) is 0 Å². The molecule has 0 radical (unpaired) electrons. The van der Waals surface area contributed by atoms with Gasteiger partial charge in [-0.2, -0.15) is 5.10 Å². The number of nitrogen functional groups attached to an aromatic ring is 1. The fourth-order valence-corrected chi connectivity index (χ4v) is 2.58. The van der Waals surface area contributed by atoms with Crippen LogP contribution in [0.15, 0.2) is 12.4 Å². The molecule has 6 heteroatoms. The van der Waals surface area contributed by atoms with E-state index in [1.54, 1.807) is 17.3 Å². The highest BCUT2D eigenvalue weighted by atomic mass is 16.2. The highest BCUT2D eigenvalue weighted by molar-refractivity contribution is 6.05. The number of anilines is 1. The van der Waals surface area contributed by atoms with Gasteiger partial charge in [0, 0.05) is 25.8 Å². The number of rotatable bonds is 5. The first-order valence-corrected chi connectivity index (χ1v) is 7.61. The van der Waals surface area contributed by atoms with Gasteiger partial charge in [-0.15, -0.1) is 0 Å². The number of hydrogen-bond acceptors (Lipinski definition) is 4. The summed E-state index contributed by atoms with van der Waals surface area (Å²) in [6.07, 6.45) is 7.79. The van der Waals surface area contributed by atoms with Crippen molar-refractivity contribution in [3.63, 3.8) is 0 Å². The van der Waals surface area contributed by atoms with Crippen molar-refractivity contribution in [2.24, 2.45) is 0 Å². The van der Waals surface area contributed by atoms with Crippen LogP contribution in [-0.4, -0.2) is 38.7 Å².